The Morgan fingerprint density at radius 3 is 2.12 bits per heavy atom. The van der Waals surface area contributed by atoms with Gasteiger partial charge in [0.2, 0.25) is 6.29 Å². The monoisotopic (exact) mass is 794 g/mol. The highest BCUT2D eigenvalue weighted by atomic mass is 16.7. The molecule has 14 heteroatoms. The highest BCUT2D eigenvalue weighted by Crippen LogP contribution is 2.76. The standard InChI is InChI=1S/C42H66O14/c1-37(2)15-16-42(36(51)56-34-30(48)27(45)22(43)19-53-34)21(17-37)20-9-10-24-39(5)13-12-26(54-35-31(49)28(46)29(47)32(55-35)33(50)52-8)38(3,4)23(39)11-14-40(24,6)41(20,7)18-25(42)44/h9,21-32,34-35,43-49H,10-19H2,1-8H3/t21-,22+,23+,24-,25-,26+,27+,28+,29+,30-,31-,32+,34+,35-,39+,40-,41-,42-/m1/s1. The molecule has 0 spiro atoms. The van der Waals surface area contributed by atoms with Crippen LogP contribution in [-0.4, -0.2) is 129 Å². The van der Waals surface area contributed by atoms with Crippen LogP contribution < -0.4 is 0 Å². The van der Waals surface area contributed by atoms with E-state index in [0.717, 1.165) is 32.8 Å². The molecule has 6 fully saturated rings. The van der Waals surface area contributed by atoms with Crippen molar-refractivity contribution >= 4 is 11.9 Å². The molecule has 2 saturated heterocycles. The van der Waals surface area contributed by atoms with Crippen molar-refractivity contribution in [1.82, 2.24) is 0 Å². The van der Waals surface area contributed by atoms with E-state index in [1.807, 2.05) is 0 Å². The molecule has 318 valence electrons. The molecule has 56 heavy (non-hydrogen) atoms. The molecule has 0 bridgehead atoms. The molecule has 18 atom stereocenters. The summed E-state index contributed by atoms with van der Waals surface area (Å²) in [5, 5.41) is 75.4. The first-order chi connectivity index (χ1) is 26.0. The lowest BCUT2D eigenvalue weighted by Crippen LogP contribution is -2.68. The van der Waals surface area contributed by atoms with E-state index >= 15 is 0 Å². The van der Waals surface area contributed by atoms with Crippen LogP contribution in [0.2, 0.25) is 0 Å². The molecular weight excluding hydrogens is 728 g/mol. The zero-order valence-electron chi connectivity index (χ0n) is 34.2. The summed E-state index contributed by atoms with van der Waals surface area (Å²) >= 11 is 0. The summed E-state index contributed by atoms with van der Waals surface area (Å²) in [4.78, 5) is 26.9. The van der Waals surface area contributed by atoms with Crippen LogP contribution in [0, 0.1) is 50.2 Å². The quantitative estimate of drug-likeness (QED) is 0.120. The van der Waals surface area contributed by atoms with Gasteiger partial charge in [-0.25, -0.2) is 4.79 Å². The molecule has 5 aliphatic carbocycles. The van der Waals surface area contributed by atoms with E-state index in [9.17, 15) is 45.3 Å². The van der Waals surface area contributed by atoms with Gasteiger partial charge >= 0.3 is 11.9 Å². The molecule has 7 N–H and O–H groups in total. The zero-order valence-corrected chi connectivity index (χ0v) is 34.2. The van der Waals surface area contributed by atoms with Gasteiger partial charge < -0.3 is 59.4 Å². The molecular formula is C42H66O14. The molecule has 2 heterocycles. The van der Waals surface area contributed by atoms with E-state index < -0.39 is 89.6 Å². The number of esters is 2. The fourth-order valence-corrected chi connectivity index (χ4v) is 13.5. The molecule has 0 aromatic carbocycles. The van der Waals surface area contributed by atoms with Crippen molar-refractivity contribution in [3.8, 4) is 0 Å². The van der Waals surface area contributed by atoms with E-state index in [4.69, 9.17) is 23.7 Å². The van der Waals surface area contributed by atoms with Crippen molar-refractivity contribution in [2.75, 3.05) is 13.7 Å². The highest BCUT2D eigenvalue weighted by Gasteiger charge is 2.72. The van der Waals surface area contributed by atoms with Gasteiger partial charge in [0.15, 0.2) is 12.4 Å². The molecule has 0 unspecified atom stereocenters. The van der Waals surface area contributed by atoms with Crippen LogP contribution in [0.3, 0.4) is 0 Å². The van der Waals surface area contributed by atoms with E-state index in [-0.39, 0.29) is 46.7 Å². The third-order valence-electron chi connectivity index (χ3n) is 17.0. The van der Waals surface area contributed by atoms with E-state index in [1.54, 1.807) is 0 Å². The molecule has 2 aliphatic heterocycles. The van der Waals surface area contributed by atoms with E-state index in [1.165, 1.54) is 5.57 Å². The van der Waals surface area contributed by atoms with Crippen molar-refractivity contribution in [2.45, 2.75) is 174 Å². The Morgan fingerprint density at radius 1 is 0.768 bits per heavy atom. The predicted molar refractivity (Wildman–Crippen MR) is 198 cm³/mol. The minimum atomic E-state index is -1.67. The number of aliphatic hydroxyl groups excluding tert-OH is 7. The fraction of sp³-hybridized carbons (Fsp3) is 0.905. The average molecular weight is 795 g/mol. The van der Waals surface area contributed by atoms with Crippen molar-refractivity contribution in [2.24, 2.45) is 50.2 Å². The van der Waals surface area contributed by atoms with Gasteiger partial charge in [0, 0.05) is 0 Å². The fourth-order valence-electron chi connectivity index (χ4n) is 13.5. The number of fused-ring (bicyclic) bond motifs is 7. The first kappa shape index (κ1) is 42.4. The van der Waals surface area contributed by atoms with Crippen LogP contribution in [0.4, 0.5) is 0 Å². The highest BCUT2D eigenvalue weighted by molar-refractivity contribution is 5.80. The zero-order chi connectivity index (χ0) is 41.1. The third-order valence-corrected chi connectivity index (χ3v) is 17.0. The number of ether oxygens (including phenoxy) is 5. The topological polar surface area (TPSA) is 222 Å². The third kappa shape index (κ3) is 6.09. The summed E-state index contributed by atoms with van der Waals surface area (Å²) in [6, 6.07) is 0. The van der Waals surface area contributed by atoms with Crippen LogP contribution in [0.5, 0.6) is 0 Å². The largest absolute Gasteiger partial charge is 0.467 e. The number of hydrogen-bond acceptors (Lipinski definition) is 14. The predicted octanol–water partition coefficient (Wildman–Crippen LogP) is 2.11. The Hall–Kier alpha value is -1.72. The van der Waals surface area contributed by atoms with Gasteiger partial charge in [-0.3, -0.25) is 4.79 Å². The Labute approximate surface area is 329 Å². The lowest BCUT2D eigenvalue weighted by atomic mass is 9.33. The number of carbonyl (C=O) groups excluding carboxylic acids is 2. The number of hydrogen-bond donors (Lipinski definition) is 7. The first-order valence-corrected chi connectivity index (χ1v) is 20.7. The summed E-state index contributed by atoms with van der Waals surface area (Å²) in [6.07, 6.45) is -6.70. The minimum absolute atomic E-state index is 0.112. The minimum Gasteiger partial charge on any atom is -0.467 e. The van der Waals surface area contributed by atoms with E-state index in [2.05, 4.69) is 54.5 Å². The van der Waals surface area contributed by atoms with Gasteiger partial charge in [0.1, 0.15) is 42.0 Å². The number of aliphatic hydroxyl groups is 7. The van der Waals surface area contributed by atoms with Crippen molar-refractivity contribution in [3.63, 3.8) is 0 Å². The second-order valence-corrected chi connectivity index (χ2v) is 20.5. The molecule has 4 saturated carbocycles. The smallest absolute Gasteiger partial charge is 0.337 e. The van der Waals surface area contributed by atoms with Crippen LogP contribution in [0.15, 0.2) is 11.6 Å². The molecule has 7 rings (SSSR count). The summed E-state index contributed by atoms with van der Waals surface area (Å²) in [7, 11) is 1.16. The maximum absolute atomic E-state index is 14.5. The lowest BCUT2D eigenvalue weighted by molar-refractivity contribution is -0.324. The first-order valence-electron chi connectivity index (χ1n) is 20.7. The second-order valence-electron chi connectivity index (χ2n) is 20.5. The second kappa shape index (κ2) is 14.2. The summed E-state index contributed by atoms with van der Waals surface area (Å²) in [6.45, 7) is 15.5. The van der Waals surface area contributed by atoms with Crippen LogP contribution in [-0.2, 0) is 33.3 Å². The number of carbonyl (C=O) groups is 2. The summed E-state index contributed by atoms with van der Waals surface area (Å²) in [5.41, 5.74) is -1.46. The summed E-state index contributed by atoms with van der Waals surface area (Å²) in [5.74, 6) is -1.42. The van der Waals surface area contributed by atoms with Crippen molar-refractivity contribution in [3.05, 3.63) is 11.6 Å². The number of allylic oxidation sites excluding steroid dienone is 2. The van der Waals surface area contributed by atoms with Crippen LogP contribution >= 0.6 is 0 Å². The number of methoxy groups -OCH3 is 1. The molecule has 0 amide bonds. The van der Waals surface area contributed by atoms with Gasteiger partial charge in [0.25, 0.3) is 0 Å². The average Bonchev–Trinajstić information content (AvgIpc) is 3.12. The number of rotatable bonds is 5. The van der Waals surface area contributed by atoms with Gasteiger partial charge in [-0.15, -0.1) is 0 Å². The van der Waals surface area contributed by atoms with Crippen LogP contribution in [0.1, 0.15) is 106 Å². The molecule has 0 aromatic heterocycles. The Kier molecular flexibility index (Phi) is 10.8. The molecule has 0 aromatic rings. The lowest BCUT2D eigenvalue weighted by Gasteiger charge is -2.71. The molecule has 0 radical (unpaired) electrons. The van der Waals surface area contributed by atoms with E-state index in [0.29, 0.717) is 32.1 Å². The van der Waals surface area contributed by atoms with Gasteiger partial charge in [-0.05, 0) is 103 Å². The van der Waals surface area contributed by atoms with Gasteiger partial charge in [-0.1, -0.05) is 60.1 Å². The normalized spacial score (nSPS) is 52.2. The van der Waals surface area contributed by atoms with Crippen LogP contribution in [0.25, 0.3) is 0 Å². The maximum atomic E-state index is 14.5. The SMILES string of the molecule is COC(=O)[C@H]1O[C@@H](O[C@H]2CC[C@]3(C)[C@H]4CC=C5[C@H]6CC(C)(C)CC[C@]6(C(=O)O[C@@H]6OC[C@H](O)[C@H](O)[C@H]6O)[C@H](O)C[C@@]5(C)[C@]4(C)CC[C@H]3C2(C)C)[C@H](O)[C@@H](O)[C@@H]1O. The van der Waals surface area contributed by atoms with Gasteiger partial charge in [-0.2, -0.15) is 0 Å². The summed E-state index contributed by atoms with van der Waals surface area (Å²) < 4.78 is 28.4. The van der Waals surface area contributed by atoms with Gasteiger partial charge in [0.05, 0.1) is 25.9 Å². The maximum Gasteiger partial charge on any atom is 0.337 e. The Balaban J connectivity index is 1.17. The molecule has 7 aliphatic rings. The van der Waals surface area contributed by atoms with Crippen molar-refractivity contribution in [1.29, 1.82) is 0 Å². The Morgan fingerprint density at radius 2 is 1.45 bits per heavy atom. The molecule has 14 nitrogen and oxygen atoms in total. The van der Waals surface area contributed by atoms with Crippen molar-refractivity contribution < 1.29 is 69.0 Å². The Bertz CT molecular complexity index is 1560.